The van der Waals surface area contributed by atoms with E-state index in [0.29, 0.717) is 37.0 Å². The third-order valence-corrected chi connectivity index (χ3v) is 10.4. The number of hydrogen-bond acceptors (Lipinski definition) is 4. The van der Waals surface area contributed by atoms with Crippen LogP contribution >= 0.6 is 0 Å². The molecule has 0 aromatic heterocycles. The van der Waals surface area contributed by atoms with E-state index in [1.54, 1.807) is 0 Å². The number of rotatable bonds is 4. The monoisotopic (exact) mass is 408 g/mol. The standard InChI is InChI=1S/C24H40O5/c1-14(4-5-20(27)28)17-8-11-24(29)21-18(7-10-23(17,24)3)22(2)9-6-16(25)12-15(22)13-19(21)26/h14-19,21,25-26,29H,4-13H2,1-3H3,(H,27,28). The summed E-state index contributed by atoms with van der Waals surface area (Å²) in [6.45, 7) is 6.71. The lowest BCUT2D eigenvalue weighted by molar-refractivity contribution is -0.244. The first-order valence-corrected chi connectivity index (χ1v) is 11.8. The highest BCUT2D eigenvalue weighted by molar-refractivity contribution is 5.66. The fourth-order valence-corrected chi connectivity index (χ4v) is 8.70. The smallest absolute Gasteiger partial charge is 0.303 e. The van der Waals surface area contributed by atoms with Crippen molar-refractivity contribution in [1.29, 1.82) is 0 Å². The second-order valence-electron chi connectivity index (χ2n) is 11.5. The van der Waals surface area contributed by atoms with Gasteiger partial charge >= 0.3 is 5.97 Å². The molecule has 4 rings (SSSR count). The van der Waals surface area contributed by atoms with Crippen LogP contribution in [0.2, 0.25) is 0 Å². The molecule has 166 valence electrons. The molecule has 0 amide bonds. The molecule has 10 atom stereocenters. The van der Waals surface area contributed by atoms with E-state index in [9.17, 15) is 20.1 Å². The quantitative estimate of drug-likeness (QED) is 0.570. The first kappa shape index (κ1) is 21.6. The van der Waals surface area contributed by atoms with Gasteiger partial charge in [-0.2, -0.15) is 0 Å². The van der Waals surface area contributed by atoms with Gasteiger partial charge < -0.3 is 20.4 Å². The molecule has 0 bridgehead atoms. The Balaban J connectivity index is 1.62. The summed E-state index contributed by atoms with van der Waals surface area (Å²) in [6.07, 6.45) is 6.96. The van der Waals surface area contributed by atoms with Crippen molar-refractivity contribution in [3.63, 3.8) is 0 Å². The van der Waals surface area contributed by atoms with Crippen LogP contribution in [-0.4, -0.2) is 44.2 Å². The van der Waals surface area contributed by atoms with E-state index in [4.69, 9.17) is 5.11 Å². The van der Waals surface area contributed by atoms with Crippen molar-refractivity contribution >= 4 is 5.97 Å². The van der Waals surface area contributed by atoms with Gasteiger partial charge in [-0.3, -0.25) is 4.79 Å². The largest absolute Gasteiger partial charge is 0.481 e. The molecule has 0 saturated heterocycles. The zero-order valence-corrected chi connectivity index (χ0v) is 18.3. The van der Waals surface area contributed by atoms with Gasteiger partial charge in [0.2, 0.25) is 0 Å². The molecule has 0 aromatic rings. The number of carbonyl (C=O) groups is 1. The number of fused-ring (bicyclic) bond motifs is 5. The summed E-state index contributed by atoms with van der Waals surface area (Å²) in [5.74, 6) is 0.348. The topological polar surface area (TPSA) is 98.0 Å². The molecule has 10 unspecified atom stereocenters. The summed E-state index contributed by atoms with van der Waals surface area (Å²) in [5.41, 5.74) is -1.04. The second-order valence-corrected chi connectivity index (χ2v) is 11.5. The lowest BCUT2D eigenvalue weighted by Gasteiger charge is -2.65. The number of carboxylic acids is 1. The van der Waals surface area contributed by atoms with E-state index < -0.39 is 17.7 Å². The van der Waals surface area contributed by atoms with E-state index in [0.717, 1.165) is 38.5 Å². The Morgan fingerprint density at radius 1 is 1.07 bits per heavy atom. The molecule has 29 heavy (non-hydrogen) atoms. The lowest BCUT2D eigenvalue weighted by Crippen LogP contribution is -2.66. The zero-order chi connectivity index (χ0) is 21.2. The van der Waals surface area contributed by atoms with Crippen molar-refractivity contribution in [3.8, 4) is 0 Å². The van der Waals surface area contributed by atoms with Gasteiger partial charge in [-0.1, -0.05) is 20.8 Å². The molecular formula is C24H40O5. The average Bonchev–Trinajstić information content (AvgIpc) is 2.92. The predicted molar refractivity (Wildman–Crippen MR) is 110 cm³/mol. The highest BCUT2D eigenvalue weighted by atomic mass is 16.4. The molecule has 0 aliphatic heterocycles. The van der Waals surface area contributed by atoms with Crippen LogP contribution in [0.5, 0.6) is 0 Å². The molecule has 4 saturated carbocycles. The van der Waals surface area contributed by atoms with E-state index in [1.807, 2.05) is 0 Å². The number of hydrogen-bond donors (Lipinski definition) is 4. The minimum atomic E-state index is -0.873. The third-order valence-electron chi connectivity index (χ3n) is 10.4. The van der Waals surface area contributed by atoms with Crippen LogP contribution in [0.15, 0.2) is 0 Å². The van der Waals surface area contributed by atoms with Gasteiger partial charge in [0.05, 0.1) is 17.8 Å². The summed E-state index contributed by atoms with van der Waals surface area (Å²) >= 11 is 0. The van der Waals surface area contributed by atoms with Crippen LogP contribution in [0, 0.1) is 40.4 Å². The fraction of sp³-hybridized carbons (Fsp3) is 0.958. The van der Waals surface area contributed by atoms with Crippen LogP contribution in [0.4, 0.5) is 0 Å². The minimum Gasteiger partial charge on any atom is -0.481 e. The number of carboxylic acid groups (broad SMARTS) is 1. The molecule has 5 nitrogen and oxygen atoms in total. The molecule has 4 aliphatic carbocycles. The van der Waals surface area contributed by atoms with Crippen LogP contribution in [0.25, 0.3) is 0 Å². The molecule has 4 aliphatic rings. The molecule has 0 heterocycles. The molecule has 0 spiro atoms. The van der Waals surface area contributed by atoms with Crippen LogP contribution in [0.3, 0.4) is 0 Å². The molecular weight excluding hydrogens is 368 g/mol. The van der Waals surface area contributed by atoms with Crippen LogP contribution in [0.1, 0.15) is 85.0 Å². The summed E-state index contributed by atoms with van der Waals surface area (Å²) < 4.78 is 0. The Bertz CT molecular complexity index is 651. The van der Waals surface area contributed by atoms with Crippen molar-refractivity contribution in [3.05, 3.63) is 0 Å². The van der Waals surface area contributed by atoms with Gasteiger partial charge in [-0.15, -0.1) is 0 Å². The highest BCUT2D eigenvalue weighted by Gasteiger charge is 2.69. The Morgan fingerprint density at radius 2 is 1.79 bits per heavy atom. The third kappa shape index (κ3) is 3.10. The Morgan fingerprint density at radius 3 is 2.48 bits per heavy atom. The number of aliphatic hydroxyl groups excluding tert-OH is 2. The highest BCUT2D eigenvalue weighted by Crippen LogP contribution is 2.69. The summed E-state index contributed by atoms with van der Waals surface area (Å²) in [4.78, 5) is 11.1. The molecule has 4 N–H and O–H groups in total. The van der Waals surface area contributed by atoms with Crippen LogP contribution < -0.4 is 0 Å². The lowest BCUT2D eigenvalue weighted by atomic mass is 9.42. The Kier molecular flexibility index (Phi) is 5.36. The van der Waals surface area contributed by atoms with Crippen molar-refractivity contribution in [2.24, 2.45) is 40.4 Å². The van der Waals surface area contributed by atoms with E-state index in [-0.39, 0.29) is 35.2 Å². The van der Waals surface area contributed by atoms with Gasteiger partial charge in [0.15, 0.2) is 0 Å². The first-order valence-electron chi connectivity index (χ1n) is 11.8. The Hall–Kier alpha value is -0.650. The van der Waals surface area contributed by atoms with E-state index in [2.05, 4.69) is 20.8 Å². The molecule has 4 fully saturated rings. The van der Waals surface area contributed by atoms with Crippen LogP contribution in [-0.2, 0) is 4.79 Å². The maximum Gasteiger partial charge on any atom is 0.303 e. The number of aliphatic hydroxyl groups is 3. The van der Waals surface area contributed by atoms with Crippen molar-refractivity contribution in [2.45, 2.75) is 103 Å². The average molecular weight is 409 g/mol. The predicted octanol–water partition coefficient (Wildman–Crippen LogP) is 3.59. The molecule has 5 heteroatoms. The van der Waals surface area contributed by atoms with Gasteiger partial charge in [-0.05, 0) is 92.3 Å². The second kappa shape index (κ2) is 7.20. The van der Waals surface area contributed by atoms with Gasteiger partial charge in [0.25, 0.3) is 0 Å². The zero-order valence-electron chi connectivity index (χ0n) is 18.3. The molecule has 0 aromatic carbocycles. The molecule has 0 radical (unpaired) electrons. The van der Waals surface area contributed by atoms with Gasteiger partial charge in [-0.25, -0.2) is 0 Å². The van der Waals surface area contributed by atoms with Crippen molar-refractivity contribution in [1.82, 2.24) is 0 Å². The summed E-state index contributed by atoms with van der Waals surface area (Å²) in [7, 11) is 0. The van der Waals surface area contributed by atoms with Gasteiger partial charge in [0, 0.05) is 12.3 Å². The number of aliphatic carboxylic acids is 1. The van der Waals surface area contributed by atoms with Crippen molar-refractivity contribution < 1.29 is 25.2 Å². The Labute approximate surface area is 174 Å². The van der Waals surface area contributed by atoms with E-state index >= 15 is 0 Å². The maximum atomic E-state index is 12.2. The SMILES string of the molecule is CC(CCC(=O)O)C1CCC2(O)C3C(O)CC4CC(O)CCC4(C)C3CCC12C. The van der Waals surface area contributed by atoms with Crippen molar-refractivity contribution in [2.75, 3.05) is 0 Å². The normalized spacial score (nSPS) is 52.9. The minimum absolute atomic E-state index is 0.0905. The fourth-order valence-electron chi connectivity index (χ4n) is 8.70. The maximum absolute atomic E-state index is 12.2. The summed E-state index contributed by atoms with van der Waals surface area (Å²) in [5, 5.41) is 42.7. The summed E-state index contributed by atoms with van der Waals surface area (Å²) in [6, 6.07) is 0. The first-order chi connectivity index (χ1) is 13.5. The van der Waals surface area contributed by atoms with E-state index in [1.165, 1.54) is 0 Å². The van der Waals surface area contributed by atoms with Gasteiger partial charge in [0.1, 0.15) is 0 Å².